The molecule has 2 rings (SSSR count). The fourth-order valence-corrected chi connectivity index (χ4v) is 2.78. The van der Waals surface area contributed by atoms with Crippen LogP contribution >= 0.6 is 0 Å². The highest BCUT2D eigenvalue weighted by molar-refractivity contribution is 5.63. The summed E-state index contributed by atoms with van der Waals surface area (Å²) in [6, 6.07) is 15.0. The van der Waals surface area contributed by atoms with Gasteiger partial charge in [0, 0.05) is 12.0 Å². The third-order valence-electron chi connectivity index (χ3n) is 5.17. The van der Waals surface area contributed by atoms with Crippen LogP contribution in [0.4, 0.5) is 0 Å². The van der Waals surface area contributed by atoms with Crippen LogP contribution in [0.2, 0.25) is 0 Å². The van der Waals surface area contributed by atoms with E-state index in [2.05, 4.69) is 104 Å². The molecule has 0 saturated carbocycles. The molecule has 0 unspecified atom stereocenters. The normalized spacial score (nSPS) is 10.9. The summed E-state index contributed by atoms with van der Waals surface area (Å²) < 4.78 is 0. The Kier molecular flexibility index (Phi) is 8.76. The summed E-state index contributed by atoms with van der Waals surface area (Å²) in [5.41, 5.74) is 9.83. The highest BCUT2D eigenvalue weighted by Gasteiger charge is 2.04. The van der Waals surface area contributed by atoms with Crippen LogP contribution in [0.3, 0.4) is 0 Å². The van der Waals surface area contributed by atoms with Crippen molar-refractivity contribution in [3.05, 3.63) is 88.0 Å². The van der Waals surface area contributed by atoms with Crippen molar-refractivity contribution < 1.29 is 0 Å². The first-order valence-corrected chi connectivity index (χ1v) is 9.58. The number of benzene rings is 2. The molecule has 0 saturated heterocycles. The third kappa shape index (κ3) is 6.57. The van der Waals surface area contributed by atoms with Gasteiger partial charge in [0.05, 0.1) is 6.07 Å². The van der Waals surface area contributed by atoms with Gasteiger partial charge in [0.2, 0.25) is 0 Å². The van der Waals surface area contributed by atoms with Gasteiger partial charge in [-0.05, 0) is 79.5 Å². The summed E-state index contributed by atoms with van der Waals surface area (Å²) in [6.45, 7) is 18.7. The monoisotopic (exact) mass is 359 g/mol. The summed E-state index contributed by atoms with van der Waals surface area (Å²) in [6.07, 6.45) is 2.82. The molecule has 2 aromatic rings. The van der Waals surface area contributed by atoms with Gasteiger partial charge >= 0.3 is 0 Å². The molecule has 2 aromatic carbocycles. The molecule has 27 heavy (non-hydrogen) atoms. The van der Waals surface area contributed by atoms with Crippen molar-refractivity contribution in [1.29, 1.82) is 5.26 Å². The lowest BCUT2D eigenvalue weighted by Gasteiger charge is -2.10. The minimum absolute atomic E-state index is 0.615. The highest BCUT2D eigenvalue weighted by atomic mass is 14.2. The van der Waals surface area contributed by atoms with Crippen LogP contribution in [0.15, 0.2) is 54.6 Å². The molecule has 0 aliphatic rings. The Morgan fingerprint density at radius 1 is 1.11 bits per heavy atom. The van der Waals surface area contributed by atoms with E-state index in [0.717, 1.165) is 0 Å². The second kappa shape index (κ2) is 10.5. The molecule has 0 atom stereocenters. The maximum atomic E-state index is 8.66. The number of hydrogen-bond acceptors (Lipinski definition) is 1. The molecule has 0 bridgehead atoms. The molecule has 0 N–H and O–H groups in total. The lowest BCUT2D eigenvalue weighted by Crippen LogP contribution is -1.95. The minimum atomic E-state index is 0.615. The summed E-state index contributed by atoms with van der Waals surface area (Å²) in [4.78, 5) is 0. The van der Waals surface area contributed by atoms with Crippen LogP contribution in [0.5, 0.6) is 0 Å². The molecule has 1 heteroatoms. The topological polar surface area (TPSA) is 23.8 Å². The van der Waals surface area contributed by atoms with E-state index in [0.29, 0.717) is 17.9 Å². The van der Waals surface area contributed by atoms with Gasteiger partial charge in [0.15, 0.2) is 0 Å². The van der Waals surface area contributed by atoms with Gasteiger partial charge in [-0.3, -0.25) is 0 Å². The summed E-state index contributed by atoms with van der Waals surface area (Å²) in [5.74, 6) is 0.615. The van der Waals surface area contributed by atoms with E-state index in [4.69, 9.17) is 5.26 Å². The second-order valence-corrected chi connectivity index (χ2v) is 7.44. The molecule has 1 nitrogen and oxygen atoms in total. The fraction of sp³-hybridized carbons (Fsp3) is 0.346. The van der Waals surface area contributed by atoms with E-state index in [1.807, 2.05) is 0 Å². The van der Waals surface area contributed by atoms with Crippen LogP contribution in [0.25, 0.3) is 5.57 Å². The molecule has 0 amide bonds. The maximum Gasteiger partial charge on any atom is 0.0944 e. The van der Waals surface area contributed by atoms with Crippen LogP contribution < -0.4 is 0 Å². The van der Waals surface area contributed by atoms with Gasteiger partial charge in [0.1, 0.15) is 0 Å². The number of nitriles is 1. The van der Waals surface area contributed by atoms with Gasteiger partial charge in [-0.2, -0.15) is 5.26 Å². The summed E-state index contributed by atoms with van der Waals surface area (Å²) >= 11 is 0. The molecule has 0 spiro atoms. The largest absolute Gasteiger partial charge is 0.193 e. The molecular weight excluding hydrogens is 326 g/mol. The standard InChI is InChI=1S/C13H15N.C13H18/c1-9(8-14)7-13-6-5-10(2)11(3)12(13)4;1-5-11(4)13-8-6-7-12(9-13)10(2)3/h5-6H,1,7H2,2-4H3;5-10H,1-4H3/b;11-5+. The van der Waals surface area contributed by atoms with Crippen LogP contribution in [0.1, 0.15) is 67.0 Å². The minimum Gasteiger partial charge on any atom is -0.193 e. The van der Waals surface area contributed by atoms with Crippen molar-refractivity contribution in [2.75, 3.05) is 0 Å². The first kappa shape index (κ1) is 22.5. The predicted octanol–water partition coefficient (Wildman–Crippen LogP) is 7.47. The van der Waals surface area contributed by atoms with E-state index in [1.165, 1.54) is 39.0 Å². The SMILES string of the molecule is C/C=C(\C)c1cccc(C(C)C)c1.C=C(C#N)Cc1ccc(C)c(C)c1C. The first-order valence-electron chi connectivity index (χ1n) is 9.58. The van der Waals surface area contributed by atoms with Crippen molar-refractivity contribution in [1.82, 2.24) is 0 Å². The average Bonchev–Trinajstić information content (AvgIpc) is 2.68. The third-order valence-corrected chi connectivity index (χ3v) is 5.17. The molecule has 0 fully saturated rings. The first-order chi connectivity index (χ1) is 12.7. The zero-order valence-electron chi connectivity index (χ0n) is 18.0. The number of aryl methyl sites for hydroxylation is 1. The smallest absolute Gasteiger partial charge is 0.0944 e. The number of rotatable bonds is 4. The van der Waals surface area contributed by atoms with Gasteiger partial charge < -0.3 is 0 Å². The maximum absolute atomic E-state index is 8.66. The van der Waals surface area contributed by atoms with E-state index < -0.39 is 0 Å². The Balaban J connectivity index is 0.000000271. The molecule has 0 aliphatic heterocycles. The Hall–Kier alpha value is -2.59. The van der Waals surface area contributed by atoms with Crippen LogP contribution in [0, 0.1) is 32.1 Å². The quantitative estimate of drug-likeness (QED) is 0.519. The molecule has 0 aromatic heterocycles. The molecule has 142 valence electrons. The lowest BCUT2D eigenvalue weighted by atomic mass is 9.95. The van der Waals surface area contributed by atoms with Crippen molar-refractivity contribution in [3.63, 3.8) is 0 Å². The van der Waals surface area contributed by atoms with Crippen molar-refractivity contribution >= 4 is 5.57 Å². The van der Waals surface area contributed by atoms with Crippen molar-refractivity contribution in [2.24, 2.45) is 0 Å². The Bertz CT molecular complexity index is 860. The summed E-state index contributed by atoms with van der Waals surface area (Å²) in [7, 11) is 0. The van der Waals surface area contributed by atoms with Crippen LogP contribution in [-0.2, 0) is 6.42 Å². The fourth-order valence-electron chi connectivity index (χ4n) is 2.78. The second-order valence-electron chi connectivity index (χ2n) is 7.44. The Morgan fingerprint density at radius 2 is 1.78 bits per heavy atom. The number of nitrogens with zero attached hydrogens (tertiary/aromatic N) is 1. The molecular formula is C26H33N. The summed E-state index contributed by atoms with van der Waals surface area (Å²) in [5, 5.41) is 8.66. The molecule has 0 radical (unpaired) electrons. The van der Waals surface area contributed by atoms with Gasteiger partial charge in [-0.15, -0.1) is 0 Å². The lowest BCUT2D eigenvalue weighted by molar-refractivity contribution is 0.866. The molecule has 0 aliphatic carbocycles. The van der Waals surface area contributed by atoms with E-state index in [1.54, 1.807) is 0 Å². The van der Waals surface area contributed by atoms with Gasteiger partial charge in [-0.25, -0.2) is 0 Å². The Morgan fingerprint density at radius 3 is 2.33 bits per heavy atom. The van der Waals surface area contributed by atoms with E-state index in [-0.39, 0.29) is 0 Å². The van der Waals surface area contributed by atoms with E-state index >= 15 is 0 Å². The molecule has 0 heterocycles. The van der Waals surface area contributed by atoms with E-state index in [9.17, 15) is 0 Å². The number of hydrogen-bond donors (Lipinski definition) is 0. The zero-order chi connectivity index (χ0) is 20.6. The number of allylic oxidation sites excluding steroid dienone is 3. The Labute approximate surface area is 166 Å². The van der Waals surface area contributed by atoms with Gasteiger partial charge in [0.25, 0.3) is 0 Å². The van der Waals surface area contributed by atoms with Crippen molar-refractivity contribution in [2.45, 2.75) is 60.8 Å². The average molecular weight is 360 g/mol. The van der Waals surface area contributed by atoms with Crippen molar-refractivity contribution in [3.8, 4) is 6.07 Å². The van der Waals surface area contributed by atoms with Gasteiger partial charge in [-0.1, -0.05) is 62.9 Å². The highest BCUT2D eigenvalue weighted by Crippen LogP contribution is 2.20. The van der Waals surface area contributed by atoms with Crippen LogP contribution in [-0.4, -0.2) is 0 Å². The zero-order valence-corrected chi connectivity index (χ0v) is 18.0. The predicted molar refractivity (Wildman–Crippen MR) is 119 cm³/mol.